The average molecular weight is 201 g/mol. The van der Waals surface area contributed by atoms with Crippen LogP contribution in [0.1, 0.15) is 39.5 Å². The molecule has 0 spiro atoms. The summed E-state index contributed by atoms with van der Waals surface area (Å²) in [7, 11) is 0. The molecule has 4 nitrogen and oxygen atoms in total. The van der Waals surface area contributed by atoms with Crippen molar-refractivity contribution in [2.24, 2.45) is 0 Å². The molecule has 0 bridgehead atoms. The van der Waals surface area contributed by atoms with E-state index in [-0.39, 0.29) is 0 Å². The van der Waals surface area contributed by atoms with Crippen LogP contribution in [0.5, 0.6) is 0 Å². The van der Waals surface area contributed by atoms with Crippen LogP contribution in [0.3, 0.4) is 0 Å². The molecule has 1 fully saturated rings. The Morgan fingerprint density at radius 3 is 2.36 bits per heavy atom. The minimum Gasteiger partial charge on any atom is -0.480 e. The predicted molar refractivity (Wildman–Crippen MR) is 53.1 cm³/mol. The highest BCUT2D eigenvalue weighted by Crippen LogP contribution is 2.29. The molecule has 1 aliphatic rings. The molecule has 0 aliphatic heterocycles. The van der Waals surface area contributed by atoms with E-state index in [4.69, 9.17) is 5.11 Å². The SMILES string of the molecule is CC(C)(NCC1(O)CCCC1)C(=O)O. The summed E-state index contributed by atoms with van der Waals surface area (Å²) < 4.78 is 0. The van der Waals surface area contributed by atoms with Gasteiger partial charge < -0.3 is 10.2 Å². The van der Waals surface area contributed by atoms with Gasteiger partial charge in [-0.3, -0.25) is 10.1 Å². The van der Waals surface area contributed by atoms with Crippen LogP contribution in [0, 0.1) is 0 Å². The lowest BCUT2D eigenvalue weighted by Gasteiger charge is -2.28. The van der Waals surface area contributed by atoms with Crippen molar-refractivity contribution in [3.05, 3.63) is 0 Å². The van der Waals surface area contributed by atoms with Gasteiger partial charge in [0.2, 0.25) is 0 Å². The molecule has 0 aromatic carbocycles. The molecule has 82 valence electrons. The maximum Gasteiger partial charge on any atom is 0.323 e. The lowest BCUT2D eigenvalue weighted by atomic mass is 9.99. The predicted octanol–water partition coefficient (Wildman–Crippen LogP) is 0.744. The van der Waals surface area contributed by atoms with Gasteiger partial charge in [0, 0.05) is 6.54 Å². The Bertz CT molecular complexity index is 219. The average Bonchev–Trinajstić information content (AvgIpc) is 2.50. The van der Waals surface area contributed by atoms with E-state index >= 15 is 0 Å². The Labute approximate surface area is 84.3 Å². The van der Waals surface area contributed by atoms with Crippen LogP contribution in [-0.2, 0) is 4.79 Å². The number of rotatable bonds is 4. The summed E-state index contributed by atoms with van der Waals surface area (Å²) in [5.41, 5.74) is -1.65. The Kier molecular flexibility index (Phi) is 3.17. The van der Waals surface area contributed by atoms with Gasteiger partial charge in [-0.15, -0.1) is 0 Å². The van der Waals surface area contributed by atoms with Crippen molar-refractivity contribution >= 4 is 5.97 Å². The van der Waals surface area contributed by atoms with Gasteiger partial charge in [-0.25, -0.2) is 0 Å². The molecule has 0 heterocycles. The Balaban J connectivity index is 2.43. The number of aliphatic carboxylic acids is 1. The summed E-state index contributed by atoms with van der Waals surface area (Å²) >= 11 is 0. The number of carbonyl (C=O) groups is 1. The number of β-amino-alcohol motifs (C(OH)–C–C–N with tert-alkyl or cyclic N) is 1. The first-order chi connectivity index (χ1) is 6.36. The third kappa shape index (κ3) is 2.69. The van der Waals surface area contributed by atoms with Gasteiger partial charge in [0.15, 0.2) is 0 Å². The van der Waals surface area contributed by atoms with Crippen molar-refractivity contribution in [2.45, 2.75) is 50.7 Å². The normalized spacial score (nSPS) is 21.1. The van der Waals surface area contributed by atoms with Crippen molar-refractivity contribution in [1.29, 1.82) is 0 Å². The lowest BCUT2D eigenvalue weighted by Crippen LogP contribution is -2.52. The van der Waals surface area contributed by atoms with E-state index in [1.165, 1.54) is 0 Å². The molecule has 0 atom stereocenters. The van der Waals surface area contributed by atoms with Crippen LogP contribution < -0.4 is 5.32 Å². The van der Waals surface area contributed by atoms with Crippen LogP contribution >= 0.6 is 0 Å². The molecule has 0 aromatic rings. The number of carboxylic acids is 1. The number of hydrogen-bond donors (Lipinski definition) is 3. The zero-order chi connectivity index (χ0) is 10.8. The van der Waals surface area contributed by atoms with Gasteiger partial charge in [-0.1, -0.05) is 12.8 Å². The third-order valence-electron chi connectivity index (χ3n) is 2.93. The molecule has 0 aromatic heterocycles. The largest absolute Gasteiger partial charge is 0.480 e. The monoisotopic (exact) mass is 201 g/mol. The zero-order valence-electron chi connectivity index (χ0n) is 8.84. The molecule has 1 rings (SSSR count). The van der Waals surface area contributed by atoms with Crippen LogP contribution in [0.25, 0.3) is 0 Å². The van der Waals surface area contributed by atoms with Gasteiger partial charge in [-0.2, -0.15) is 0 Å². The third-order valence-corrected chi connectivity index (χ3v) is 2.93. The van der Waals surface area contributed by atoms with E-state index in [1.807, 2.05) is 0 Å². The van der Waals surface area contributed by atoms with Crippen molar-refractivity contribution in [3.63, 3.8) is 0 Å². The van der Waals surface area contributed by atoms with E-state index < -0.39 is 17.1 Å². The summed E-state index contributed by atoms with van der Waals surface area (Å²) in [6.45, 7) is 3.58. The second-order valence-electron chi connectivity index (χ2n) is 4.72. The summed E-state index contributed by atoms with van der Waals surface area (Å²) in [5, 5.41) is 21.7. The van der Waals surface area contributed by atoms with E-state index in [9.17, 15) is 9.90 Å². The molecular formula is C10H19NO3. The molecule has 1 aliphatic carbocycles. The molecule has 0 amide bonds. The summed E-state index contributed by atoms with van der Waals surface area (Å²) in [6.07, 6.45) is 3.61. The highest BCUT2D eigenvalue weighted by atomic mass is 16.4. The fraction of sp³-hybridized carbons (Fsp3) is 0.900. The molecule has 14 heavy (non-hydrogen) atoms. The number of carboxylic acid groups (broad SMARTS) is 1. The Hall–Kier alpha value is -0.610. The van der Waals surface area contributed by atoms with Gasteiger partial charge in [-0.05, 0) is 26.7 Å². The quantitative estimate of drug-likeness (QED) is 0.627. The fourth-order valence-corrected chi connectivity index (χ4v) is 1.67. The van der Waals surface area contributed by atoms with Gasteiger partial charge >= 0.3 is 5.97 Å². The van der Waals surface area contributed by atoms with E-state index in [1.54, 1.807) is 13.8 Å². The maximum absolute atomic E-state index is 10.8. The smallest absolute Gasteiger partial charge is 0.323 e. The molecule has 3 N–H and O–H groups in total. The second-order valence-corrected chi connectivity index (χ2v) is 4.72. The van der Waals surface area contributed by atoms with Crippen LogP contribution in [0.15, 0.2) is 0 Å². The molecule has 0 saturated heterocycles. The van der Waals surface area contributed by atoms with Crippen LogP contribution in [0.2, 0.25) is 0 Å². The summed E-state index contributed by atoms with van der Waals surface area (Å²) in [4.78, 5) is 10.8. The number of nitrogens with one attached hydrogen (secondary N) is 1. The number of hydrogen-bond acceptors (Lipinski definition) is 3. The minimum atomic E-state index is -0.960. The van der Waals surface area contributed by atoms with Crippen molar-refractivity contribution in [1.82, 2.24) is 5.32 Å². The van der Waals surface area contributed by atoms with Gasteiger partial charge in [0.05, 0.1) is 5.60 Å². The Morgan fingerprint density at radius 1 is 1.43 bits per heavy atom. The van der Waals surface area contributed by atoms with Gasteiger partial charge in [0.25, 0.3) is 0 Å². The molecule has 4 heteroatoms. The van der Waals surface area contributed by atoms with Crippen LogP contribution in [-0.4, -0.2) is 33.9 Å². The molecule has 1 saturated carbocycles. The van der Waals surface area contributed by atoms with Gasteiger partial charge in [0.1, 0.15) is 5.54 Å². The summed E-state index contributed by atoms with van der Waals surface area (Å²) in [6, 6.07) is 0. The topological polar surface area (TPSA) is 69.6 Å². The zero-order valence-corrected chi connectivity index (χ0v) is 8.84. The Morgan fingerprint density at radius 2 is 1.93 bits per heavy atom. The maximum atomic E-state index is 10.8. The van der Waals surface area contributed by atoms with Crippen molar-refractivity contribution in [2.75, 3.05) is 6.54 Å². The molecular weight excluding hydrogens is 182 g/mol. The van der Waals surface area contributed by atoms with Crippen molar-refractivity contribution < 1.29 is 15.0 Å². The van der Waals surface area contributed by atoms with Crippen molar-refractivity contribution in [3.8, 4) is 0 Å². The molecule has 0 radical (unpaired) electrons. The van der Waals surface area contributed by atoms with Crippen LogP contribution in [0.4, 0.5) is 0 Å². The van der Waals surface area contributed by atoms with E-state index in [0.29, 0.717) is 6.54 Å². The first-order valence-corrected chi connectivity index (χ1v) is 5.07. The molecule has 0 unspecified atom stereocenters. The lowest BCUT2D eigenvalue weighted by molar-refractivity contribution is -0.143. The highest BCUT2D eigenvalue weighted by Gasteiger charge is 2.35. The first-order valence-electron chi connectivity index (χ1n) is 5.07. The van der Waals surface area contributed by atoms with E-state index in [2.05, 4.69) is 5.32 Å². The van der Waals surface area contributed by atoms with E-state index in [0.717, 1.165) is 25.7 Å². The highest BCUT2D eigenvalue weighted by molar-refractivity contribution is 5.77. The first kappa shape index (κ1) is 11.5. The standard InChI is InChI=1S/C10H19NO3/c1-9(2,8(12)13)11-7-10(14)5-3-4-6-10/h11,14H,3-7H2,1-2H3,(H,12,13). The second kappa shape index (κ2) is 3.87. The number of aliphatic hydroxyl groups is 1. The minimum absolute atomic E-state index is 0.367. The summed E-state index contributed by atoms with van der Waals surface area (Å²) in [5.74, 6) is -0.890. The fourth-order valence-electron chi connectivity index (χ4n) is 1.67.